The highest BCUT2D eigenvalue weighted by Gasteiger charge is 2.53. The molecule has 2 atom stereocenters. The van der Waals surface area contributed by atoms with Crippen molar-refractivity contribution in [2.45, 2.75) is 43.8 Å². The molecule has 0 unspecified atom stereocenters. The second-order valence-electron chi connectivity index (χ2n) is 8.57. The maximum Gasteiger partial charge on any atom is 0.240 e. The molecule has 0 aliphatic carbocycles. The number of hydrogen-bond acceptors (Lipinski definition) is 4. The van der Waals surface area contributed by atoms with Gasteiger partial charge in [-0.25, -0.2) is 0 Å². The van der Waals surface area contributed by atoms with Crippen molar-refractivity contribution in [3.8, 4) is 0 Å². The Morgan fingerprint density at radius 2 is 1.84 bits per heavy atom. The van der Waals surface area contributed by atoms with Gasteiger partial charge in [0.05, 0.1) is 18.1 Å². The molecule has 168 valence electrons. The standard InChI is InChI=1S/C25H27ClN2O4/c1-27-22(29)14-25(24(27)31,20-11-5-6-12-21(20)26)15-23(30)28-13-7-10-19(16-28)32-17-18-8-3-2-4-9-18/h2-6,8-9,11-12,19H,7,10,13-17H2,1H3/t19-,25-/m0/s1. The molecule has 2 heterocycles. The van der Waals surface area contributed by atoms with Crippen molar-refractivity contribution in [1.29, 1.82) is 0 Å². The molecule has 3 amide bonds. The maximum atomic E-state index is 13.4. The predicted molar refractivity (Wildman–Crippen MR) is 121 cm³/mol. The number of nitrogens with zero attached hydrogens (tertiary/aromatic N) is 2. The number of ether oxygens (including phenoxy) is 1. The van der Waals surface area contributed by atoms with Crippen LogP contribution in [0, 0.1) is 0 Å². The highest BCUT2D eigenvalue weighted by atomic mass is 35.5. The summed E-state index contributed by atoms with van der Waals surface area (Å²) in [6.45, 7) is 1.58. The van der Waals surface area contributed by atoms with Crippen molar-refractivity contribution in [3.05, 3.63) is 70.7 Å². The number of carbonyl (C=O) groups is 3. The lowest BCUT2D eigenvalue weighted by Crippen LogP contribution is -2.47. The van der Waals surface area contributed by atoms with Gasteiger partial charge in [-0.2, -0.15) is 0 Å². The molecule has 0 N–H and O–H groups in total. The number of halogens is 1. The van der Waals surface area contributed by atoms with Gasteiger partial charge in [-0.3, -0.25) is 19.3 Å². The van der Waals surface area contributed by atoms with Gasteiger partial charge in [0, 0.05) is 38.0 Å². The molecule has 0 aromatic heterocycles. The Morgan fingerprint density at radius 1 is 1.12 bits per heavy atom. The van der Waals surface area contributed by atoms with Crippen LogP contribution in [0.25, 0.3) is 0 Å². The van der Waals surface area contributed by atoms with Crippen LogP contribution in [0.5, 0.6) is 0 Å². The van der Waals surface area contributed by atoms with Gasteiger partial charge in [0.1, 0.15) is 0 Å². The number of imide groups is 1. The van der Waals surface area contributed by atoms with Crippen LogP contribution in [-0.2, 0) is 31.1 Å². The second kappa shape index (κ2) is 9.43. The van der Waals surface area contributed by atoms with Crippen molar-refractivity contribution >= 4 is 29.3 Å². The van der Waals surface area contributed by atoms with Crippen molar-refractivity contribution in [3.63, 3.8) is 0 Å². The van der Waals surface area contributed by atoms with Crippen LogP contribution in [0.1, 0.15) is 36.8 Å². The van der Waals surface area contributed by atoms with Crippen molar-refractivity contribution in [2.24, 2.45) is 0 Å². The van der Waals surface area contributed by atoms with E-state index in [0.717, 1.165) is 23.3 Å². The van der Waals surface area contributed by atoms with Crippen LogP contribution in [0.3, 0.4) is 0 Å². The van der Waals surface area contributed by atoms with Crippen LogP contribution in [0.4, 0.5) is 0 Å². The van der Waals surface area contributed by atoms with Gasteiger partial charge in [-0.05, 0) is 30.0 Å². The normalized spacial score (nSPS) is 23.6. The summed E-state index contributed by atoms with van der Waals surface area (Å²) in [5.41, 5.74) is 0.359. The minimum absolute atomic E-state index is 0.0560. The molecule has 2 aliphatic rings. The molecule has 0 saturated carbocycles. The van der Waals surface area contributed by atoms with Gasteiger partial charge in [0.15, 0.2) is 0 Å². The molecule has 7 heteroatoms. The van der Waals surface area contributed by atoms with Crippen LogP contribution in [0.15, 0.2) is 54.6 Å². The van der Waals surface area contributed by atoms with E-state index in [-0.39, 0.29) is 36.7 Å². The van der Waals surface area contributed by atoms with Crippen LogP contribution < -0.4 is 0 Å². The first kappa shape index (κ1) is 22.5. The van der Waals surface area contributed by atoms with E-state index in [4.69, 9.17) is 16.3 Å². The van der Waals surface area contributed by atoms with Gasteiger partial charge in [-0.15, -0.1) is 0 Å². The number of amides is 3. The molecule has 2 fully saturated rings. The Labute approximate surface area is 193 Å². The fourth-order valence-corrected chi connectivity index (χ4v) is 4.96. The highest BCUT2D eigenvalue weighted by molar-refractivity contribution is 6.32. The largest absolute Gasteiger partial charge is 0.372 e. The minimum Gasteiger partial charge on any atom is -0.372 e. The first-order valence-electron chi connectivity index (χ1n) is 10.9. The summed E-state index contributed by atoms with van der Waals surface area (Å²) in [5, 5.41) is 0.388. The van der Waals surface area contributed by atoms with E-state index >= 15 is 0 Å². The summed E-state index contributed by atoms with van der Waals surface area (Å²) < 4.78 is 6.06. The molecule has 2 saturated heterocycles. The number of piperidine rings is 1. The zero-order valence-electron chi connectivity index (χ0n) is 18.1. The smallest absolute Gasteiger partial charge is 0.240 e. The Hall–Kier alpha value is -2.70. The van der Waals surface area contributed by atoms with Gasteiger partial charge in [0.25, 0.3) is 0 Å². The molecule has 4 rings (SSSR count). The van der Waals surface area contributed by atoms with Gasteiger partial charge in [0.2, 0.25) is 17.7 Å². The van der Waals surface area contributed by atoms with E-state index in [1.165, 1.54) is 7.05 Å². The van der Waals surface area contributed by atoms with E-state index in [1.54, 1.807) is 29.2 Å². The number of rotatable bonds is 6. The van der Waals surface area contributed by atoms with Crippen molar-refractivity contribution < 1.29 is 19.1 Å². The van der Waals surface area contributed by atoms with Crippen LogP contribution in [0.2, 0.25) is 5.02 Å². The summed E-state index contributed by atoms with van der Waals surface area (Å²) in [4.78, 5) is 41.9. The lowest BCUT2D eigenvalue weighted by molar-refractivity contribution is -0.143. The molecule has 0 radical (unpaired) electrons. The van der Waals surface area contributed by atoms with E-state index in [0.29, 0.717) is 30.3 Å². The average molecular weight is 455 g/mol. The number of hydrogen-bond donors (Lipinski definition) is 0. The average Bonchev–Trinajstić information content (AvgIpc) is 3.03. The molecule has 2 aromatic carbocycles. The zero-order chi connectivity index (χ0) is 22.7. The van der Waals surface area contributed by atoms with Crippen LogP contribution in [-0.4, -0.2) is 53.8 Å². The quantitative estimate of drug-likeness (QED) is 0.626. The van der Waals surface area contributed by atoms with Gasteiger partial charge < -0.3 is 9.64 Å². The monoisotopic (exact) mass is 454 g/mol. The summed E-state index contributed by atoms with van der Waals surface area (Å²) in [6.07, 6.45) is 1.51. The van der Waals surface area contributed by atoms with Gasteiger partial charge >= 0.3 is 0 Å². The molecular weight excluding hydrogens is 428 g/mol. The fourth-order valence-electron chi connectivity index (χ4n) is 4.64. The van der Waals surface area contributed by atoms with E-state index in [1.807, 2.05) is 30.3 Å². The topological polar surface area (TPSA) is 66.9 Å². The molecule has 2 aromatic rings. The SMILES string of the molecule is CN1C(=O)C[C@](CC(=O)N2CCC[C@H](OCc3ccccc3)C2)(c2ccccc2Cl)C1=O. The number of likely N-dealkylation sites (tertiary alicyclic amines) is 2. The Kier molecular flexibility index (Phi) is 6.63. The zero-order valence-corrected chi connectivity index (χ0v) is 18.9. The fraction of sp³-hybridized carbons (Fsp3) is 0.400. The lowest BCUT2D eigenvalue weighted by Gasteiger charge is -2.35. The molecule has 32 heavy (non-hydrogen) atoms. The maximum absolute atomic E-state index is 13.4. The third kappa shape index (κ3) is 4.43. The number of benzene rings is 2. The Balaban J connectivity index is 1.49. The predicted octanol–water partition coefficient (Wildman–Crippen LogP) is 3.56. The van der Waals surface area contributed by atoms with Crippen LogP contribution >= 0.6 is 11.6 Å². The second-order valence-corrected chi connectivity index (χ2v) is 8.98. The molecule has 6 nitrogen and oxygen atoms in total. The Bertz CT molecular complexity index is 1010. The van der Waals surface area contributed by atoms with Crippen molar-refractivity contribution in [1.82, 2.24) is 9.80 Å². The molecular formula is C25H27ClN2O4. The summed E-state index contributed by atoms with van der Waals surface area (Å²) in [5.74, 6) is -0.836. The van der Waals surface area contributed by atoms with E-state index < -0.39 is 5.41 Å². The highest BCUT2D eigenvalue weighted by Crippen LogP contribution is 2.42. The first-order valence-corrected chi connectivity index (χ1v) is 11.3. The Morgan fingerprint density at radius 3 is 2.53 bits per heavy atom. The van der Waals surface area contributed by atoms with E-state index in [9.17, 15) is 14.4 Å². The van der Waals surface area contributed by atoms with Crippen molar-refractivity contribution in [2.75, 3.05) is 20.1 Å². The third-order valence-electron chi connectivity index (χ3n) is 6.44. The molecule has 2 aliphatic heterocycles. The van der Waals surface area contributed by atoms with Gasteiger partial charge in [-0.1, -0.05) is 60.1 Å². The third-order valence-corrected chi connectivity index (χ3v) is 6.77. The number of likely N-dealkylation sites (N-methyl/N-ethyl adjacent to an activating group) is 1. The molecule has 0 bridgehead atoms. The summed E-state index contributed by atoms with van der Waals surface area (Å²) in [6, 6.07) is 16.9. The summed E-state index contributed by atoms with van der Waals surface area (Å²) in [7, 11) is 1.46. The lowest BCUT2D eigenvalue weighted by atomic mass is 9.75. The number of carbonyl (C=O) groups excluding carboxylic acids is 3. The summed E-state index contributed by atoms with van der Waals surface area (Å²) >= 11 is 6.42. The molecule has 0 spiro atoms. The first-order chi connectivity index (χ1) is 15.4. The minimum atomic E-state index is -1.26. The van der Waals surface area contributed by atoms with E-state index in [2.05, 4.69) is 0 Å².